The Morgan fingerprint density at radius 2 is 2.00 bits per heavy atom. The fraction of sp³-hybridized carbons (Fsp3) is 0.526. The Balaban J connectivity index is 1.67. The predicted molar refractivity (Wildman–Crippen MR) is 93.7 cm³/mol. The molecule has 0 amide bonds. The third-order valence-corrected chi connectivity index (χ3v) is 4.45. The normalized spacial score (nSPS) is 13.8. The van der Waals surface area contributed by atoms with Crippen molar-refractivity contribution in [2.24, 2.45) is 0 Å². The number of nitrogens with zero attached hydrogens (tertiary/aromatic N) is 1. The number of benzene rings is 1. The van der Waals surface area contributed by atoms with E-state index in [9.17, 15) is 0 Å². The van der Waals surface area contributed by atoms with E-state index in [0.717, 1.165) is 49.5 Å². The topological polar surface area (TPSA) is 49.9 Å². The van der Waals surface area contributed by atoms with E-state index in [1.54, 1.807) is 0 Å². The molecule has 0 aliphatic carbocycles. The number of aromatic nitrogens is 2. The Labute approximate surface area is 138 Å². The largest absolute Gasteiger partial charge is 0.493 e. The number of hydrogen-bond donors (Lipinski definition) is 2. The summed E-state index contributed by atoms with van der Waals surface area (Å²) in [7, 11) is 0. The van der Waals surface area contributed by atoms with Gasteiger partial charge in [0.1, 0.15) is 11.4 Å². The molecule has 2 N–H and O–H groups in total. The number of nitrogens with one attached hydrogen (secondary N) is 2. The van der Waals surface area contributed by atoms with Crippen LogP contribution < -0.4 is 10.1 Å². The van der Waals surface area contributed by atoms with E-state index in [0.29, 0.717) is 0 Å². The molecular formula is C19H27N3O. The van der Waals surface area contributed by atoms with E-state index >= 15 is 0 Å². The van der Waals surface area contributed by atoms with E-state index in [1.807, 2.05) is 6.07 Å². The van der Waals surface area contributed by atoms with Gasteiger partial charge in [-0.2, -0.15) is 5.10 Å². The number of ether oxygens (including phenoxy) is 1. The van der Waals surface area contributed by atoms with Crippen LogP contribution in [0.15, 0.2) is 24.3 Å². The highest BCUT2D eigenvalue weighted by molar-refractivity contribution is 5.70. The molecule has 1 aliphatic heterocycles. The molecule has 0 fully saturated rings. The number of aromatic amines is 1. The van der Waals surface area contributed by atoms with Gasteiger partial charge in [-0.15, -0.1) is 0 Å². The molecule has 1 aromatic heterocycles. The van der Waals surface area contributed by atoms with Crippen LogP contribution >= 0.6 is 0 Å². The number of fused-ring (bicyclic) bond motifs is 1. The fourth-order valence-electron chi connectivity index (χ4n) is 3.12. The number of hydrogen-bond acceptors (Lipinski definition) is 3. The number of unbranched alkanes of at least 4 members (excludes halogenated alkanes) is 4. The average Bonchev–Trinajstić information content (AvgIpc) is 3.02. The van der Waals surface area contributed by atoms with E-state index in [4.69, 9.17) is 4.74 Å². The number of para-hydroxylation sites is 1. The Kier molecular flexibility index (Phi) is 5.70. The maximum absolute atomic E-state index is 6.06. The first-order chi connectivity index (χ1) is 11.4. The third-order valence-electron chi connectivity index (χ3n) is 4.45. The maximum Gasteiger partial charge on any atom is 0.128 e. The molecule has 4 heteroatoms. The Hall–Kier alpha value is -1.81. The minimum Gasteiger partial charge on any atom is -0.493 e. The molecule has 1 aromatic carbocycles. The second kappa shape index (κ2) is 8.16. The molecule has 0 saturated carbocycles. The molecule has 4 nitrogen and oxygen atoms in total. The molecule has 1 aliphatic rings. The zero-order valence-corrected chi connectivity index (χ0v) is 14.0. The lowest BCUT2D eigenvalue weighted by Crippen LogP contribution is -2.23. The fourth-order valence-corrected chi connectivity index (χ4v) is 3.12. The predicted octanol–water partition coefficient (Wildman–Crippen LogP) is 4.07. The summed E-state index contributed by atoms with van der Waals surface area (Å²) in [5, 5.41) is 11.2. The summed E-state index contributed by atoms with van der Waals surface area (Å²) in [5.74, 6) is 0.947. The van der Waals surface area contributed by atoms with Crippen molar-refractivity contribution in [3.63, 3.8) is 0 Å². The van der Waals surface area contributed by atoms with Crippen molar-refractivity contribution in [3.05, 3.63) is 35.5 Å². The van der Waals surface area contributed by atoms with Crippen molar-refractivity contribution in [2.45, 2.75) is 52.0 Å². The van der Waals surface area contributed by atoms with Crippen molar-refractivity contribution in [1.29, 1.82) is 0 Å². The zero-order valence-electron chi connectivity index (χ0n) is 14.0. The molecule has 0 unspecified atom stereocenters. The summed E-state index contributed by atoms with van der Waals surface area (Å²) in [6.45, 7) is 4.93. The highest BCUT2D eigenvalue weighted by Crippen LogP contribution is 2.33. The van der Waals surface area contributed by atoms with Crippen LogP contribution in [0.3, 0.4) is 0 Å². The molecule has 0 radical (unpaired) electrons. The molecule has 23 heavy (non-hydrogen) atoms. The Bertz CT molecular complexity index is 621. The van der Waals surface area contributed by atoms with E-state index in [2.05, 4.69) is 40.6 Å². The van der Waals surface area contributed by atoms with Crippen LogP contribution in [0.2, 0.25) is 0 Å². The van der Waals surface area contributed by atoms with Gasteiger partial charge in [0.2, 0.25) is 0 Å². The molecule has 0 saturated heterocycles. The van der Waals surface area contributed by atoms with Crippen LogP contribution in [0, 0.1) is 0 Å². The van der Waals surface area contributed by atoms with Gasteiger partial charge in [-0.05, 0) is 18.6 Å². The van der Waals surface area contributed by atoms with Gasteiger partial charge < -0.3 is 10.1 Å². The minimum atomic E-state index is 0.783. The van der Waals surface area contributed by atoms with Crippen LogP contribution in [-0.4, -0.2) is 23.3 Å². The standard InChI is InChI=1S/C19H27N3O/c1-2-3-4-5-8-13-23-18-10-7-6-9-15(18)19-16-14-20-12-11-17(16)21-22-19/h6-7,9-10,20H,2-5,8,11-14H2,1H3,(H,21,22). The highest BCUT2D eigenvalue weighted by atomic mass is 16.5. The smallest absolute Gasteiger partial charge is 0.128 e. The molecule has 0 atom stereocenters. The summed E-state index contributed by atoms with van der Waals surface area (Å²) in [4.78, 5) is 0. The lowest BCUT2D eigenvalue weighted by Gasteiger charge is -2.15. The molecule has 0 spiro atoms. The first-order valence-corrected chi connectivity index (χ1v) is 8.89. The molecule has 2 heterocycles. The monoisotopic (exact) mass is 313 g/mol. The molecule has 3 rings (SSSR count). The quantitative estimate of drug-likeness (QED) is 0.722. The summed E-state index contributed by atoms with van der Waals surface area (Å²) in [6.07, 6.45) is 7.29. The van der Waals surface area contributed by atoms with Gasteiger partial charge in [0, 0.05) is 36.3 Å². The van der Waals surface area contributed by atoms with E-state index in [1.165, 1.54) is 36.9 Å². The summed E-state index contributed by atoms with van der Waals surface area (Å²) in [5.41, 5.74) is 4.68. The number of H-pyrrole nitrogens is 1. The second-order valence-corrected chi connectivity index (χ2v) is 6.21. The van der Waals surface area contributed by atoms with Gasteiger partial charge in [-0.1, -0.05) is 44.7 Å². The lowest BCUT2D eigenvalue weighted by atomic mass is 10.0. The van der Waals surface area contributed by atoms with Gasteiger partial charge in [-0.25, -0.2) is 0 Å². The number of rotatable bonds is 8. The first-order valence-electron chi connectivity index (χ1n) is 8.89. The van der Waals surface area contributed by atoms with Crippen molar-refractivity contribution in [2.75, 3.05) is 13.2 Å². The SMILES string of the molecule is CCCCCCCOc1ccccc1-c1n[nH]c2c1CNCC2. The van der Waals surface area contributed by atoms with Crippen LogP contribution in [-0.2, 0) is 13.0 Å². The van der Waals surface area contributed by atoms with Crippen molar-refractivity contribution < 1.29 is 4.74 Å². The van der Waals surface area contributed by atoms with E-state index in [-0.39, 0.29) is 0 Å². The summed E-state index contributed by atoms with van der Waals surface area (Å²) >= 11 is 0. The van der Waals surface area contributed by atoms with Crippen LogP contribution in [0.4, 0.5) is 0 Å². The highest BCUT2D eigenvalue weighted by Gasteiger charge is 2.19. The van der Waals surface area contributed by atoms with Gasteiger partial charge in [0.15, 0.2) is 0 Å². The summed E-state index contributed by atoms with van der Waals surface area (Å²) in [6, 6.07) is 8.25. The van der Waals surface area contributed by atoms with Crippen LogP contribution in [0.25, 0.3) is 11.3 Å². The average molecular weight is 313 g/mol. The minimum absolute atomic E-state index is 0.783. The lowest BCUT2D eigenvalue weighted by molar-refractivity contribution is 0.305. The molecule has 0 bridgehead atoms. The Morgan fingerprint density at radius 1 is 1.13 bits per heavy atom. The molecule has 2 aromatic rings. The van der Waals surface area contributed by atoms with Gasteiger partial charge in [0.25, 0.3) is 0 Å². The maximum atomic E-state index is 6.06. The first kappa shape index (κ1) is 16.1. The van der Waals surface area contributed by atoms with Crippen molar-refractivity contribution >= 4 is 0 Å². The Morgan fingerprint density at radius 3 is 2.91 bits per heavy atom. The van der Waals surface area contributed by atoms with Crippen LogP contribution in [0.1, 0.15) is 50.3 Å². The molecule has 124 valence electrons. The third kappa shape index (κ3) is 3.94. The van der Waals surface area contributed by atoms with Gasteiger partial charge in [-0.3, -0.25) is 5.10 Å². The van der Waals surface area contributed by atoms with Crippen molar-refractivity contribution in [3.8, 4) is 17.0 Å². The van der Waals surface area contributed by atoms with Gasteiger partial charge >= 0.3 is 0 Å². The molecular weight excluding hydrogens is 286 g/mol. The zero-order chi connectivity index (χ0) is 15.9. The van der Waals surface area contributed by atoms with Crippen LogP contribution in [0.5, 0.6) is 5.75 Å². The second-order valence-electron chi connectivity index (χ2n) is 6.21. The summed E-state index contributed by atoms with van der Waals surface area (Å²) < 4.78 is 6.06. The van der Waals surface area contributed by atoms with Gasteiger partial charge in [0.05, 0.1) is 6.61 Å². The van der Waals surface area contributed by atoms with Crippen molar-refractivity contribution in [1.82, 2.24) is 15.5 Å². The van der Waals surface area contributed by atoms with E-state index < -0.39 is 0 Å².